The van der Waals surface area contributed by atoms with E-state index in [0.29, 0.717) is 30.2 Å². The molecule has 2 aliphatic heterocycles. The molecule has 160 valence electrons. The molecular weight excluding hydrogens is 384 g/mol. The molecule has 0 N–H and O–H groups in total. The molecule has 2 aromatic rings. The Morgan fingerprint density at radius 2 is 1.90 bits per heavy atom. The van der Waals surface area contributed by atoms with Crippen LogP contribution in [0.25, 0.3) is 0 Å². The molecule has 2 aliphatic rings. The molecule has 1 fully saturated rings. The molecule has 0 radical (unpaired) electrons. The van der Waals surface area contributed by atoms with Gasteiger partial charge in [0.15, 0.2) is 11.5 Å². The fourth-order valence-corrected chi connectivity index (χ4v) is 3.81. The van der Waals surface area contributed by atoms with Crippen molar-refractivity contribution in [2.75, 3.05) is 53.3 Å². The second-order valence-electron chi connectivity index (χ2n) is 7.41. The van der Waals surface area contributed by atoms with Crippen molar-refractivity contribution < 1.29 is 23.7 Å². The summed E-state index contributed by atoms with van der Waals surface area (Å²) in [4.78, 5) is 17.7. The van der Waals surface area contributed by atoms with E-state index in [2.05, 4.69) is 4.90 Å². The van der Waals surface area contributed by atoms with Gasteiger partial charge in [-0.3, -0.25) is 9.69 Å². The van der Waals surface area contributed by atoms with Crippen LogP contribution in [0, 0.1) is 0 Å². The number of fused-ring (bicyclic) bond motifs is 1. The van der Waals surface area contributed by atoms with Gasteiger partial charge in [0.05, 0.1) is 20.3 Å². The van der Waals surface area contributed by atoms with Crippen molar-refractivity contribution in [3.8, 4) is 17.2 Å². The summed E-state index contributed by atoms with van der Waals surface area (Å²) < 4.78 is 21.7. The van der Waals surface area contributed by atoms with E-state index in [1.165, 1.54) is 0 Å². The maximum atomic E-state index is 13.4. The van der Waals surface area contributed by atoms with Gasteiger partial charge in [0, 0.05) is 43.9 Å². The lowest BCUT2D eigenvalue weighted by Gasteiger charge is -2.28. The summed E-state index contributed by atoms with van der Waals surface area (Å²) in [6.07, 6.45) is 0.894. The van der Waals surface area contributed by atoms with Crippen molar-refractivity contribution >= 4 is 5.91 Å². The number of benzene rings is 2. The number of amides is 1. The Kier molecular flexibility index (Phi) is 6.71. The van der Waals surface area contributed by atoms with Gasteiger partial charge in [0.2, 0.25) is 6.79 Å². The Labute approximate surface area is 177 Å². The van der Waals surface area contributed by atoms with Crippen molar-refractivity contribution in [1.82, 2.24) is 9.80 Å². The lowest BCUT2D eigenvalue weighted by Crippen LogP contribution is -2.39. The minimum absolute atomic E-state index is 0.0267. The molecule has 7 heteroatoms. The second kappa shape index (κ2) is 9.82. The highest BCUT2D eigenvalue weighted by molar-refractivity contribution is 5.95. The van der Waals surface area contributed by atoms with Crippen LogP contribution in [0.3, 0.4) is 0 Å². The molecule has 0 aliphatic carbocycles. The number of methoxy groups -OCH3 is 1. The minimum Gasteiger partial charge on any atom is -0.496 e. The summed E-state index contributed by atoms with van der Waals surface area (Å²) in [6, 6.07) is 13.2. The largest absolute Gasteiger partial charge is 0.496 e. The zero-order valence-electron chi connectivity index (χ0n) is 17.3. The van der Waals surface area contributed by atoms with Crippen LogP contribution in [0.15, 0.2) is 42.5 Å². The summed E-state index contributed by atoms with van der Waals surface area (Å²) in [5.41, 5.74) is 1.58. The average molecular weight is 412 g/mol. The topological polar surface area (TPSA) is 60.5 Å². The molecule has 0 spiro atoms. The van der Waals surface area contributed by atoms with E-state index < -0.39 is 0 Å². The number of carbonyl (C=O) groups is 1. The smallest absolute Gasteiger partial charge is 0.254 e. The second-order valence-corrected chi connectivity index (χ2v) is 7.41. The van der Waals surface area contributed by atoms with Gasteiger partial charge in [-0.25, -0.2) is 0 Å². The summed E-state index contributed by atoms with van der Waals surface area (Å²) in [6.45, 7) is 5.73. The number of morpholine rings is 1. The van der Waals surface area contributed by atoms with Crippen LogP contribution >= 0.6 is 0 Å². The number of hydrogen-bond donors (Lipinski definition) is 0. The summed E-state index contributed by atoms with van der Waals surface area (Å²) in [5.74, 6) is 2.05. The number of hydrogen-bond acceptors (Lipinski definition) is 6. The van der Waals surface area contributed by atoms with E-state index in [-0.39, 0.29) is 12.7 Å². The molecular formula is C23H28N2O5. The molecule has 0 aromatic heterocycles. The fraction of sp³-hybridized carbons (Fsp3) is 0.435. The predicted octanol–water partition coefficient (Wildman–Crippen LogP) is 2.79. The Hall–Kier alpha value is -2.77. The van der Waals surface area contributed by atoms with Crippen molar-refractivity contribution in [3.63, 3.8) is 0 Å². The fourth-order valence-electron chi connectivity index (χ4n) is 3.81. The van der Waals surface area contributed by atoms with E-state index in [1.54, 1.807) is 25.3 Å². The van der Waals surface area contributed by atoms with Crippen molar-refractivity contribution in [3.05, 3.63) is 53.6 Å². The van der Waals surface area contributed by atoms with Crippen molar-refractivity contribution in [2.45, 2.75) is 13.0 Å². The first-order valence-electron chi connectivity index (χ1n) is 10.4. The van der Waals surface area contributed by atoms with Crippen LogP contribution in [-0.4, -0.2) is 69.0 Å². The zero-order valence-corrected chi connectivity index (χ0v) is 17.3. The maximum absolute atomic E-state index is 13.4. The van der Waals surface area contributed by atoms with Crippen LogP contribution in [0.5, 0.6) is 17.2 Å². The first-order valence-corrected chi connectivity index (χ1v) is 10.4. The van der Waals surface area contributed by atoms with E-state index in [9.17, 15) is 4.79 Å². The van der Waals surface area contributed by atoms with E-state index in [0.717, 1.165) is 50.6 Å². The maximum Gasteiger partial charge on any atom is 0.254 e. The van der Waals surface area contributed by atoms with Gasteiger partial charge in [-0.15, -0.1) is 0 Å². The Morgan fingerprint density at radius 1 is 1.10 bits per heavy atom. The first-order chi connectivity index (χ1) is 14.7. The van der Waals surface area contributed by atoms with Crippen LogP contribution < -0.4 is 14.2 Å². The predicted molar refractivity (Wildman–Crippen MR) is 112 cm³/mol. The van der Waals surface area contributed by atoms with E-state index >= 15 is 0 Å². The molecule has 4 rings (SSSR count). The average Bonchev–Trinajstić information content (AvgIpc) is 3.27. The van der Waals surface area contributed by atoms with E-state index in [4.69, 9.17) is 18.9 Å². The third-order valence-corrected chi connectivity index (χ3v) is 5.47. The zero-order chi connectivity index (χ0) is 20.8. The summed E-state index contributed by atoms with van der Waals surface area (Å²) >= 11 is 0. The van der Waals surface area contributed by atoms with Crippen LogP contribution in [-0.2, 0) is 11.3 Å². The lowest BCUT2D eigenvalue weighted by molar-refractivity contribution is 0.0355. The third-order valence-electron chi connectivity index (χ3n) is 5.47. The molecule has 30 heavy (non-hydrogen) atoms. The Balaban J connectivity index is 1.48. The Bertz CT molecular complexity index is 866. The van der Waals surface area contributed by atoms with Gasteiger partial charge < -0.3 is 23.8 Å². The van der Waals surface area contributed by atoms with Crippen LogP contribution in [0.1, 0.15) is 22.3 Å². The highest BCUT2D eigenvalue weighted by Gasteiger charge is 2.22. The van der Waals surface area contributed by atoms with Gasteiger partial charge in [-0.2, -0.15) is 0 Å². The van der Waals surface area contributed by atoms with E-state index in [1.807, 2.05) is 29.2 Å². The van der Waals surface area contributed by atoms with Crippen LogP contribution in [0.2, 0.25) is 0 Å². The Morgan fingerprint density at radius 3 is 2.73 bits per heavy atom. The quantitative estimate of drug-likeness (QED) is 0.665. The number of nitrogens with zero attached hydrogens (tertiary/aromatic N) is 2. The van der Waals surface area contributed by atoms with Crippen molar-refractivity contribution in [2.24, 2.45) is 0 Å². The molecule has 2 aromatic carbocycles. The molecule has 2 heterocycles. The summed E-state index contributed by atoms with van der Waals surface area (Å²) in [7, 11) is 1.65. The molecule has 7 nitrogen and oxygen atoms in total. The van der Waals surface area contributed by atoms with Gasteiger partial charge in [0.25, 0.3) is 5.91 Å². The highest BCUT2D eigenvalue weighted by Crippen LogP contribution is 2.33. The van der Waals surface area contributed by atoms with Crippen LogP contribution in [0.4, 0.5) is 0 Å². The molecule has 1 saturated heterocycles. The summed E-state index contributed by atoms with van der Waals surface area (Å²) in [5, 5.41) is 0. The lowest BCUT2D eigenvalue weighted by atomic mass is 10.1. The molecule has 1 amide bonds. The van der Waals surface area contributed by atoms with Gasteiger partial charge in [-0.05, 0) is 30.7 Å². The molecule has 0 bridgehead atoms. The number of rotatable bonds is 8. The SMILES string of the molecule is COc1ccccc1CN(CCCN1CCOCC1)C(=O)c1ccc2c(c1)OCO2. The third kappa shape index (κ3) is 4.86. The molecule has 0 saturated carbocycles. The van der Waals surface area contributed by atoms with Gasteiger partial charge in [0.1, 0.15) is 5.75 Å². The number of para-hydroxylation sites is 1. The number of carbonyl (C=O) groups excluding carboxylic acids is 1. The van der Waals surface area contributed by atoms with Gasteiger partial charge >= 0.3 is 0 Å². The standard InChI is InChI=1S/C23H28N2O5/c1-27-20-6-3-2-5-19(20)16-25(10-4-9-24-11-13-28-14-12-24)23(26)18-7-8-21-22(15-18)30-17-29-21/h2-3,5-8,15H,4,9-14,16-17H2,1H3. The molecule has 0 unspecified atom stereocenters. The highest BCUT2D eigenvalue weighted by atomic mass is 16.7. The first kappa shape index (κ1) is 20.5. The molecule has 0 atom stereocenters. The normalized spacial score (nSPS) is 15.8. The van der Waals surface area contributed by atoms with Gasteiger partial charge in [-0.1, -0.05) is 18.2 Å². The monoisotopic (exact) mass is 412 g/mol. The number of ether oxygens (including phenoxy) is 4. The minimum atomic E-state index is -0.0267. The van der Waals surface area contributed by atoms with Crippen molar-refractivity contribution in [1.29, 1.82) is 0 Å².